The molecule has 3 aromatic rings. The topological polar surface area (TPSA) is 60.7 Å². The van der Waals surface area contributed by atoms with E-state index in [-0.39, 0.29) is 24.2 Å². The van der Waals surface area contributed by atoms with E-state index >= 15 is 0 Å². The van der Waals surface area contributed by atoms with Gasteiger partial charge in [0.1, 0.15) is 6.54 Å². The number of hydrogen-bond donors (Lipinski definition) is 0. The van der Waals surface area contributed by atoms with E-state index in [1.54, 1.807) is 11.5 Å². The van der Waals surface area contributed by atoms with Crippen molar-refractivity contribution >= 4 is 45.2 Å². The quantitative estimate of drug-likeness (QED) is 0.450. The van der Waals surface area contributed by atoms with Crippen molar-refractivity contribution in [3.8, 4) is 0 Å². The molecule has 5 nitrogen and oxygen atoms in total. The fourth-order valence-corrected chi connectivity index (χ4v) is 4.53. The van der Waals surface area contributed by atoms with E-state index in [0.29, 0.717) is 11.4 Å². The second kappa shape index (κ2) is 9.21. The van der Waals surface area contributed by atoms with E-state index in [1.807, 2.05) is 50.2 Å². The second-order valence-electron chi connectivity index (χ2n) is 6.29. The van der Waals surface area contributed by atoms with E-state index < -0.39 is 0 Å². The Balaban J connectivity index is 1.94. The summed E-state index contributed by atoms with van der Waals surface area (Å²) in [5.74, 6) is -0.324. The minimum atomic E-state index is -0.340. The molecule has 0 fully saturated rings. The summed E-state index contributed by atoms with van der Waals surface area (Å²) >= 11 is 2.86. The monoisotopic (exact) mass is 414 g/mol. The van der Waals surface area contributed by atoms with Crippen LogP contribution in [-0.4, -0.2) is 28.8 Å². The molecule has 0 spiro atoms. The van der Waals surface area contributed by atoms with Gasteiger partial charge in [0, 0.05) is 4.90 Å². The molecule has 0 atom stereocenters. The molecular formula is C21H22N2O3S2. The third-order valence-electron chi connectivity index (χ3n) is 4.22. The van der Waals surface area contributed by atoms with Crippen LogP contribution in [0.4, 0.5) is 0 Å². The lowest BCUT2D eigenvalue weighted by Gasteiger charge is -2.06. The summed E-state index contributed by atoms with van der Waals surface area (Å²) in [6, 6.07) is 13.8. The fraction of sp³-hybridized carbons (Fsp3) is 0.286. The van der Waals surface area contributed by atoms with E-state index in [1.165, 1.54) is 23.1 Å². The molecule has 28 heavy (non-hydrogen) atoms. The van der Waals surface area contributed by atoms with Crippen LogP contribution in [0.15, 0.2) is 52.4 Å². The predicted molar refractivity (Wildman–Crippen MR) is 114 cm³/mol. The predicted octanol–water partition coefficient (Wildman–Crippen LogP) is 4.10. The fourth-order valence-electron chi connectivity index (χ4n) is 2.70. The summed E-state index contributed by atoms with van der Waals surface area (Å²) in [5.41, 5.74) is 3.18. The van der Waals surface area contributed by atoms with Gasteiger partial charge in [-0.25, -0.2) is 0 Å². The smallest absolute Gasteiger partial charge is 0.326 e. The molecule has 0 aliphatic carbocycles. The average molecular weight is 415 g/mol. The molecule has 2 aromatic carbocycles. The van der Waals surface area contributed by atoms with Crippen LogP contribution in [0.5, 0.6) is 0 Å². The molecule has 1 amide bonds. The highest BCUT2D eigenvalue weighted by Crippen LogP contribution is 2.22. The standard InChI is InChI=1S/C21H22N2O3S2/c1-4-26-20(25)12-23-17-10-14(2)15(3)11-18(17)28-21(23)22-19(24)13-27-16-8-6-5-7-9-16/h5-11H,4,12-13H2,1-3H3. The molecule has 1 heterocycles. The molecule has 3 rings (SSSR count). The Morgan fingerprint density at radius 3 is 2.57 bits per heavy atom. The molecule has 0 aliphatic rings. The number of aryl methyl sites for hydroxylation is 2. The lowest BCUT2D eigenvalue weighted by atomic mass is 10.1. The van der Waals surface area contributed by atoms with Crippen molar-refractivity contribution in [1.29, 1.82) is 0 Å². The van der Waals surface area contributed by atoms with Crippen LogP contribution in [-0.2, 0) is 20.9 Å². The Bertz CT molecular complexity index is 1070. The highest BCUT2D eigenvalue weighted by atomic mass is 32.2. The van der Waals surface area contributed by atoms with Gasteiger partial charge in [-0.05, 0) is 56.2 Å². The second-order valence-corrected chi connectivity index (χ2v) is 8.35. The maximum atomic E-state index is 12.4. The Kier molecular flexibility index (Phi) is 6.70. The molecule has 0 bridgehead atoms. The number of aromatic nitrogens is 1. The number of benzene rings is 2. The Labute approximate surface area is 172 Å². The summed E-state index contributed by atoms with van der Waals surface area (Å²) < 4.78 is 7.87. The van der Waals surface area contributed by atoms with Gasteiger partial charge in [-0.2, -0.15) is 4.99 Å². The van der Waals surface area contributed by atoms with Gasteiger partial charge in [0.25, 0.3) is 5.91 Å². The van der Waals surface area contributed by atoms with E-state index in [9.17, 15) is 9.59 Å². The summed E-state index contributed by atoms with van der Waals surface area (Å²) in [4.78, 5) is 30.4. The first-order valence-electron chi connectivity index (χ1n) is 8.99. The summed E-state index contributed by atoms with van der Waals surface area (Å²) in [7, 11) is 0. The molecule has 0 aliphatic heterocycles. The number of ether oxygens (including phenoxy) is 1. The Morgan fingerprint density at radius 1 is 1.14 bits per heavy atom. The molecular weight excluding hydrogens is 392 g/mol. The van der Waals surface area contributed by atoms with Crippen LogP contribution >= 0.6 is 23.1 Å². The van der Waals surface area contributed by atoms with E-state index in [2.05, 4.69) is 11.1 Å². The SMILES string of the molecule is CCOC(=O)Cn1c(=NC(=O)CSc2ccccc2)sc2cc(C)c(C)cc21. The van der Waals surface area contributed by atoms with E-state index in [0.717, 1.165) is 26.2 Å². The minimum Gasteiger partial charge on any atom is -0.465 e. The first-order valence-corrected chi connectivity index (χ1v) is 10.8. The molecule has 146 valence electrons. The van der Waals surface area contributed by atoms with Gasteiger partial charge in [-0.15, -0.1) is 11.8 Å². The number of esters is 1. The lowest BCUT2D eigenvalue weighted by Crippen LogP contribution is -2.23. The normalized spacial score (nSPS) is 11.8. The van der Waals surface area contributed by atoms with Crippen molar-refractivity contribution in [3.63, 3.8) is 0 Å². The molecule has 0 unspecified atom stereocenters. The number of thiazole rings is 1. The number of rotatable bonds is 6. The first kappa shape index (κ1) is 20.4. The van der Waals surface area contributed by atoms with Crippen LogP contribution in [0.1, 0.15) is 18.1 Å². The van der Waals surface area contributed by atoms with Crippen LogP contribution in [0.2, 0.25) is 0 Å². The van der Waals surface area contributed by atoms with Crippen molar-refractivity contribution < 1.29 is 14.3 Å². The van der Waals surface area contributed by atoms with Crippen molar-refractivity contribution in [2.75, 3.05) is 12.4 Å². The van der Waals surface area contributed by atoms with Gasteiger partial charge in [-0.3, -0.25) is 9.59 Å². The molecule has 7 heteroatoms. The molecule has 0 saturated carbocycles. The molecule has 0 saturated heterocycles. The largest absolute Gasteiger partial charge is 0.465 e. The lowest BCUT2D eigenvalue weighted by molar-refractivity contribution is -0.143. The van der Waals surface area contributed by atoms with Gasteiger partial charge >= 0.3 is 5.97 Å². The molecule has 1 aromatic heterocycles. The van der Waals surface area contributed by atoms with E-state index in [4.69, 9.17) is 4.74 Å². The van der Waals surface area contributed by atoms with Gasteiger partial charge in [0.05, 0.1) is 22.6 Å². The highest BCUT2D eigenvalue weighted by Gasteiger charge is 2.13. The Hall–Kier alpha value is -2.38. The maximum absolute atomic E-state index is 12.4. The van der Waals surface area contributed by atoms with Gasteiger partial charge in [0.2, 0.25) is 0 Å². The number of carbonyl (C=O) groups excluding carboxylic acids is 2. The molecule has 0 N–H and O–H groups in total. The maximum Gasteiger partial charge on any atom is 0.326 e. The summed E-state index contributed by atoms with van der Waals surface area (Å²) in [5, 5.41) is 0. The molecule has 0 radical (unpaired) electrons. The zero-order valence-corrected chi connectivity index (χ0v) is 17.7. The number of carbonyl (C=O) groups is 2. The van der Waals surface area contributed by atoms with Gasteiger partial charge in [-0.1, -0.05) is 29.5 Å². The first-order chi connectivity index (χ1) is 13.5. The van der Waals surface area contributed by atoms with Crippen LogP contribution < -0.4 is 4.80 Å². The number of fused-ring (bicyclic) bond motifs is 1. The zero-order chi connectivity index (χ0) is 20.1. The van der Waals surface area contributed by atoms with Crippen molar-refractivity contribution in [1.82, 2.24) is 4.57 Å². The zero-order valence-electron chi connectivity index (χ0n) is 16.1. The summed E-state index contributed by atoms with van der Waals surface area (Å²) in [6.07, 6.45) is 0. The number of amides is 1. The third kappa shape index (κ3) is 4.91. The van der Waals surface area contributed by atoms with Crippen LogP contribution in [0.3, 0.4) is 0 Å². The van der Waals surface area contributed by atoms with Gasteiger partial charge in [0.15, 0.2) is 4.80 Å². The summed E-state index contributed by atoms with van der Waals surface area (Å²) in [6.45, 7) is 6.20. The highest BCUT2D eigenvalue weighted by molar-refractivity contribution is 8.00. The Morgan fingerprint density at radius 2 is 1.86 bits per heavy atom. The van der Waals surface area contributed by atoms with Crippen molar-refractivity contribution in [2.45, 2.75) is 32.2 Å². The van der Waals surface area contributed by atoms with Gasteiger partial charge < -0.3 is 9.30 Å². The van der Waals surface area contributed by atoms with Crippen molar-refractivity contribution in [3.05, 3.63) is 58.4 Å². The number of thioether (sulfide) groups is 1. The average Bonchev–Trinajstić information content (AvgIpc) is 2.97. The van der Waals surface area contributed by atoms with Crippen molar-refractivity contribution in [2.24, 2.45) is 4.99 Å². The third-order valence-corrected chi connectivity index (χ3v) is 6.25. The van der Waals surface area contributed by atoms with Crippen LogP contribution in [0.25, 0.3) is 10.2 Å². The van der Waals surface area contributed by atoms with Crippen LogP contribution in [0, 0.1) is 13.8 Å². The number of hydrogen-bond acceptors (Lipinski definition) is 5. The number of nitrogens with zero attached hydrogens (tertiary/aromatic N) is 2. The minimum absolute atomic E-state index is 0.0360.